The fourth-order valence-electron chi connectivity index (χ4n) is 2.56. The lowest BCUT2D eigenvalue weighted by Gasteiger charge is -2.11. The van der Waals surface area contributed by atoms with Crippen molar-refractivity contribution in [2.24, 2.45) is 10.2 Å². The van der Waals surface area contributed by atoms with Gasteiger partial charge in [0.2, 0.25) is 0 Å². The highest BCUT2D eigenvalue weighted by Crippen LogP contribution is 2.28. The fraction of sp³-hybridized carbons (Fsp3) is 0.136. The van der Waals surface area contributed by atoms with Crippen LogP contribution in [0.2, 0.25) is 10.0 Å². The number of hydrogen-bond donors (Lipinski definition) is 1. The normalized spacial score (nSPS) is 10.9. The predicted molar refractivity (Wildman–Crippen MR) is 117 cm³/mol. The third-order valence-electron chi connectivity index (χ3n) is 4.13. The van der Waals surface area contributed by atoms with E-state index in [9.17, 15) is 4.79 Å². The van der Waals surface area contributed by atoms with E-state index in [-0.39, 0.29) is 12.5 Å². The number of anilines is 1. The van der Waals surface area contributed by atoms with Crippen molar-refractivity contribution in [3.05, 3.63) is 81.8 Å². The van der Waals surface area contributed by atoms with Gasteiger partial charge in [0.05, 0.1) is 16.4 Å². The van der Waals surface area contributed by atoms with Gasteiger partial charge >= 0.3 is 0 Å². The topological polar surface area (TPSA) is 63.0 Å². The zero-order chi connectivity index (χ0) is 20.8. The molecule has 0 saturated heterocycles. The maximum absolute atomic E-state index is 12.2. The second-order valence-electron chi connectivity index (χ2n) is 6.40. The van der Waals surface area contributed by atoms with Crippen molar-refractivity contribution in [3.8, 4) is 5.75 Å². The average Bonchev–Trinajstić information content (AvgIpc) is 2.68. The second kappa shape index (κ2) is 9.54. The first kappa shape index (κ1) is 20.8. The number of azo groups is 1. The van der Waals surface area contributed by atoms with Crippen LogP contribution in [0.4, 0.5) is 17.1 Å². The summed E-state index contributed by atoms with van der Waals surface area (Å²) in [6.07, 6.45) is 0. The maximum Gasteiger partial charge on any atom is 0.262 e. The molecule has 5 nitrogen and oxygen atoms in total. The third-order valence-corrected chi connectivity index (χ3v) is 4.66. The van der Waals surface area contributed by atoms with Gasteiger partial charge in [-0.2, -0.15) is 10.2 Å². The molecule has 0 aliphatic rings. The van der Waals surface area contributed by atoms with Crippen molar-refractivity contribution in [2.45, 2.75) is 13.8 Å². The van der Waals surface area contributed by atoms with Crippen LogP contribution in [0.25, 0.3) is 0 Å². The maximum atomic E-state index is 12.2. The Hall–Kier alpha value is -2.89. The third kappa shape index (κ3) is 5.79. The minimum absolute atomic E-state index is 0.171. The van der Waals surface area contributed by atoms with Crippen LogP contribution in [0.3, 0.4) is 0 Å². The lowest BCUT2D eigenvalue weighted by atomic mass is 10.2. The Morgan fingerprint density at radius 1 is 0.966 bits per heavy atom. The molecule has 0 aliphatic heterocycles. The molecule has 3 aromatic carbocycles. The molecule has 0 heterocycles. The van der Waals surface area contributed by atoms with Gasteiger partial charge in [0.15, 0.2) is 6.61 Å². The first-order valence-electron chi connectivity index (χ1n) is 8.88. The fourth-order valence-corrected chi connectivity index (χ4v) is 3.02. The number of ether oxygens (including phenoxy) is 1. The molecular formula is C22H19Cl2N3O2. The molecule has 0 aliphatic carbocycles. The van der Waals surface area contributed by atoms with E-state index in [1.165, 1.54) is 0 Å². The Morgan fingerprint density at radius 2 is 1.76 bits per heavy atom. The van der Waals surface area contributed by atoms with Crippen LogP contribution in [0, 0.1) is 13.8 Å². The van der Waals surface area contributed by atoms with Crippen LogP contribution in [0.5, 0.6) is 5.75 Å². The van der Waals surface area contributed by atoms with E-state index in [4.69, 9.17) is 27.9 Å². The molecule has 0 bridgehead atoms. The number of amides is 1. The highest BCUT2D eigenvalue weighted by molar-refractivity contribution is 6.35. The number of hydrogen-bond acceptors (Lipinski definition) is 4. The lowest BCUT2D eigenvalue weighted by Crippen LogP contribution is -2.20. The molecule has 0 unspecified atom stereocenters. The molecule has 148 valence electrons. The molecule has 1 N–H and O–H groups in total. The summed E-state index contributed by atoms with van der Waals surface area (Å²) < 4.78 is 5.45. The molecule has 1 amide bonds. The van der Waals surface area contributed by atoms with Gasteiger partial charge in [0.1, 0.15) is 5.75 Å². The molecule has 7 heteroatoms. The minimum atomic E-state index is -0.298. The van der Waals surface area contributed by atoms with Gasteiger partial charge in [-0.15, -0.1) is 0 Å². The van der Waals surface area contributed by atoms with Crippen molar-refractivity contribution >= 4 is 46.2 Å². The number of halogens is 2. The number of carbonyl (C=O) groups is 1. The first-order valence-corrected chi connectivity index (χ1v) is 9.64. The van der Waals surface area contributed by atoms with Crippen LogP contribution in [0.1, 0.15) is 11.1 Å². The van der Waals surface area contributed by atoms with Crippen LogP contribution in [0.15, 0.2) is 70.9 Å². The lowest BCUT2D eigenvalue weighted by molar-refractivity contribution is -0.118. The zero-order valence-corrected chi connectivity index (χ0v) is 17.5. The molecule has 3 rings (SSSR count). The average molecular weight is 428 g/mol. The smallest absolute Gasteiger partial charge is 0.262 e. The number of rotatable bonds is 6. The second-order valence-corrected chi connectivity index (χ2v) is 7.24. The number of carbonyl (C=O) groups excluding carboxylic acids is 1. The monoisotopic (exact) mass is 427 g/mol. The van der Waals surface area contributed by atoms with Gasteiger partial charge in [-0.1, -0.05) is 41.4 Å². The summed E-state index contributed by atoms with van der Waals surface area (Å²) >= 11 is 11.9. The van der Waals surface area contributed by atoms with Gasteiger partial charge in [-0.3, -0.25) is 4.79 Å². The van der Waals surface area contributed by atoms with Crippen LogP contribution in [-0.2, 0) is 4.79 Å². The van der Waals surface area contributed by atoms with Gasteiger partial charge in [0, 0.05) is 10.7 Å². The molecule has 0 spiro atoms. The van der Waals surface area contributed by atoms with Crippen LogP contribution >= 0.6 is 23.2 Å². The first-order chi connectivity index (χ1) is 13.9. The van der Waals surface area contributed by atoms with Crippen molar-refractivity contribution in [2.75, 3.05) is 11.9 Å². The van der Waals surface area contributed by atoms with Crippen LogP contribution in [-0.4, -0.2) is 12.5 Å². The molecule has 29 heavy (non-hydrogen) atoms. The SMILES string of the molecule is Cc1ccccc1N=Nc1ccc(NC(=O)COc2ccc(Cl)cc2Cl)c(C)c1. The largest absolute Gasteiger partial charge is 0.482 e. The quantitative estimate of drug-likeness (QED) is 0.428. The summed E-state index contributed by atoms with van der Waals surface area (Å²) in [4.78, 5) is 12.2. The Kier molecular flexibility index (Phi) is 6.86. The van der Waals surface area contributed by atoms with Gasteiger partial charge in [0.25, 0.3) is 5.91 Å². The van der Waals surface area contributed by atoms with Crippen molar-refractivity contribution in [3.63, 3.8) is 0 Å². The Balaban J connectivity index is 1.61. The molecule has 3 aromatic rings. The summed E-state index contributed by atoms with van der Waals surface area (Å²) in [5, 5.41) is 12.2. The Bertz CT molecular complexity index is 1070. The summed E-state index contributed by atoms with van der Waals surface area (Å²) in [7, 11) is 0. The van der Waals surface area contributed by atoms with Crippen molar-refractivity contribution in [1.82, 2.24) is 0 Å². The number of benzene rings is 3. The van der Waals surface area contributed by atoms with Crippen LogP contribution < -0.4 is 10.1 Å². The predicted octanol–water partition coefficient (Wildman–Crippen LogP) is 7.04. The highest BCUT2D eigenvalue weighted by Gasteiger charge is 2.09. The summed E-state index contributed by atoms with van der Waals surface area (Å²) in [5.74, 6) is 0.100. The minimum Gasteiger partial charge on any atom is -0.482 e. The molecule has 0 fully saturated rings. The highest BCUT2D eigenvalue weighted by atomic mass is 35.5. The molecule has 0 aromatic heterocycles. The molecule has 0 atom stereocenters. The number of nitrogens with zero attached hydrogens (tertiary/aromatic N) is 2. The van der Waals surface area contributed by atoms with Crippen molar-refractivity contribution < 1.29 is 9.53 Å². The molecular weight excluding hydrogens is 409 g/mol. The van der Waals surface area contributed by atoms with Gasteiger partial charge in [-0.25, -0.2) is 0 Å². The molecule has 0 saturated carbocycles. The molecule has 0 radical (unpaired) electrons. The van der Waals surface area contributed by atoms with E-state index in [1.54, 1.807) is 30.3 Å². The standard InChI is InChI=1S/C22H19Cl2N3O2/c1-14-5-3-4-6-20(14)27-26-17-8-9-19(15(2)11-17)25-22(28)13-29-21-10-7-16(23)12-18(21)24/h3-12H,13H2,1-2H3,(H,25,28). The van der Waals surface area contributed by atoms with E-state index < -0.39 is 0 Å². The number of nitrogens with one attached hydrogen (secondary N) is 1. The number of aryl methyl sites for hydroxylation is 2. The summed E-state index contributed by atoms with van der Waals surface area (Å²) in [6.45, 7) is 3.70. The van der Waals surface area contributed by atoms with Gasteiger partial charge < -0.3 is 10.1 Å². The van der Waals surface area contributed by atoms with E-state index >= 15 is 0 Å². The summed E-state index contributed by atoms with van der Waals surface area (Å²) in [6, 6.07) is 18.0. The van der Waals surface area contributed by atoms with E-state index in [0.29, 0.717) is 27.2 Å². The van der Waals surface area contributed by atoms with E-state index in [2.05, 4.69) is 15.5 Å². The van der Waals surface area contributed by atoms with Crippen molar-refractivity contribution in [1.29, 1.82) is 0 Å². The Labute approximate surface area is 179 Å². The summed E-state index contributed by atoms with van der Waals surface area (Å²) in [5.41, 5.74) is 4.12. The van der Waals surface area contributed by atoms with E-state index in [0.717, 1.165) is 16.8 Å². The Morgan fingerprint density at radius 3 is 2.48 bits per heavy atom. The van der Waals surface area contributed by atoms with Gasteiger partial charge in [-0.05, 0) is 67.4 Å². The van der Waals surface area contributed by atoms with E-state index in [1.807, 2.05) is 44.2 Å². The zero-order valence-electron chi connectivity index (χ0n) is 15.9.